The monoisotopic (exact) mass is 459 g/mol. The van der Waals surface area contributed by atoms with Gasteiger partial charge in [-0.2, -0.15) is 5.10 Å². The van der Waals surface area contributed by atoms with E-state index in [2.05, 4.69) is 29.7 Å². The summed E-state index contributed by atoms with van der Waals surface area (Å²) >= 11 is 0. The molecule has 0 spiro atoms. The minimum atomic E-state index is -1.24. The summed E-state index contributed by atoms with van der Waals surface area (Å²) in [6.45, 7) is 15.4. The summed E-state index contributed by atoms with van der Waals surface area (Å²) in [6.07, 6.45) is 3.01. The van der Waals surface area contributed by atoms with Crippen LogP contribution in [0.4, 0.5) is 4.39 Å². The van der Waals surface area contributed by atoms with Crippen molar-refractivity contribution in [1.82, 2.24) is 14.8 Å². The Balaban J connectivity index is 1.72. The van der Waals surface area contributed by atoms with Crippen molar-refractivity contribution in [1.29, 1.82) is 0 Å². The molecule has 3 heterocycles. The minimum Gasteiger partial charge on any atom is -0.443 e. The van der Waals surface area contributed by atoms with Gasteiger partial charge in [-0.15, -0.1) is 0 Å². The largest absolute Gasteiger partial charge is 0.497 e. The molecule has 0 saturated carbocycles. The molecule has 0 unspecified atom stereocenters. The first kappa shape index (κ1) is 23.2. The van der Waals surface area contributed by atoms with E-state index < -0.39 is 32.2 Å². The molecule has 0 N–H and O–H groups in total. The Morgan fingerprint density at radius 2 is 1.81 bits per heavy atom. The third kappa shape index (κ3) is 4.28. The van der Waals surface area contributed by atoms with E-state index in [1.165, 1.54) is 10.9 Å². The van der Waals surface area contributed by atoms with E-state index in [9.17, 15) is 0 Å². The summed E-state index contributed by atoms with van der Waals surface area (Å²) < 4.78 is 40.9. The lowest BCUT2D eigenvalue weighted by molar-refractivity contribution is 0.00578. The van der Waals surface area contributed by atoms with Gasteiger partial charge in [0.15, 0.2) is 5.69 Å². The highest BCUT2D eigenvalue weighted by Gasteiger charge is 2.52. The van der Waals surface area contributed by atoms with Crippen molar-refractivity contribution in [3.05, 3.63) is 30.4 Å². The lowest BCUT2D eigenvalue weighted by Crippen LogP contribution is -2.41. The quantitative estimate of drug-likeness (QED) is 0.384. The predicted molar refractivity (Wildman–Crippen MR) is 125 cm³/mol. The van der Waals surface area contributed by atoms with Crippen molar-refractivity contribution in [3.8, 4) is 11.6 Å². The van der Waals surface area contributed by atoms with E-state index in [1.54, 1.807) is 12.3 Å². The molecule has 3 aromatic rings. The molecule has 10 heteroatoms. The number of nitrogens with zero attached hydrogens (tertiary/aromatic N) is 3. The van der Waals surface area contributed by atoms with Gasteiger partial charge in [0, 0.05) is 25.5 Å². The van der Waals surface area contributed by atoms with Gasteiger partial charge in [0.2, 0.25) is 5.89 Å². The van der Waals surface area contributed by atoms with Gasteiger partial charge in [0.1, 0.15) is 24.3 Å². The van der Waals surface area contributed by atoms with Gasteiger partial charge in [-0.25, -0.2) is 14.1 Å². The minimum absolute atomic E-state index is 0.130. The maximum Gasteiger partial charge on any atom is 0.497 e. The van der Waals surface area contributed by atoms with Crippen molar-refractivity contribution in [2.24, 2.45) is 0 Å². The molecule has 1 saturated heterocycles. The Kier molecular flexibility index (Phi) is 5.85. The first-order valence-electron chi connectivity index (χ1n) is 10.9. The standard InChI is InChI=1S/C22H31BFN3O4Si/c1-21(2)22(3,4)31-23(30-21)16-9-8-15-18(20-25-10-11-29-20)26-27(19(15)17(16)24)14-28-12-13-32(5,6)7/h8-11H,12-14H2,1-7H3. The Morgan fingerprint density at radius 1 is 1.12 bits per heavy atom. The third-order valence-electron chi connectivity index (χ3n) is 6.23. The molecule has 7 nitrogen and oxygen atoms in total. The van der Waals surface area contributed by atoms with Crippen LogP contribution in [0.15, 0.2) is 29.0 Å². The summed E-state index contributed by atoms with van der Waals surface area (Å²) in [5.74, 6) is -0.112. The zero-order chi connectivity index (χ0) is 23.3. The number of hydrogen-bond acceptors (Lipinski definition) is 6. The Bertz CT molecular complexity index is 1090. The summed E-state index contributed by atoms with van der Waals surface area (Å²) in [4.78, 5) is 4.20. The molecule has 0 bridgehead atoms. The predicted octanol–water partition coefficient (Wildman–Crippen LogP) is 4.44. The van der Waals surface area contributed by atoms with E-state index in [1.807, 2.05) is 33.8 Å². The number of benzene rings is 1. The SMILES string of the molecule is CC1(C)OB(c2ccc3c(-c4ncco4)nn(COCC[Si](C)(C)C)c3c2F)OC1(C)C. The van der Waals surface area contributed by atoms with Crippen molar-refractivity contribution in [2.75, 3.05) is 6.61 Å². The van der Waals surface area contributed by atoms with Crippen LogP contribution >= 0.6 is 0 Å². The highest BCUT2D eigenvalue weighted by atomic mass is 28.3. The molecule has 1 aliphatic heterocycles. The topological polar surface area (TPSA) is 71.5 Å². The van der Waals surface area contributed by atoms with Gasteiger partial charge in [0.05, 0.1) is 17.4 Å². The highest BCUT2D eigenvalue weighted by molar-refractivity contribution is 6.76. The maximum absolute atomic E-state index is 15.9. The Labute approximate surface area is 189 Å². The van der Waals surface area contributed by atoms with Gasteiger partial charge in [-0.05, 0) is 33.7 Å². The van der Waals surface area contributed by atoms with E-state index in [-0.39, 0.29) is 6.73 Å². The molecule has 0 amide bonds. The molecular weight excluding hydrogens is 428 g/mol. The average molecular weight is 459 g/mol. The van der Waals surface area contributed by atoms with Gasteiger partial charge in [-0.1, -0.05) is 31.8 Å². The van der Waals surface area contributed by atoms with Crippen molar-refractivity contribution in [3.63, 3.8) is 0 Å². The van der Waals surface area contributed by atoms with Crippen LogP contribution in [0.25, 0.3) is 22.5 Å². The first-order valence-corrected chi connectivity index (χ1v) is 14.6. The number of aromatic nitrogens is 3. The number of hydrogen-bond donors (Lipinski definition) is 0. The van der Waals surface area contributed by atoms with Crippen LogP contribution in [0, 0.1) is 5.82 Å². The lowest BCUT2D eigenvalue weighted by Gasteiger charge is -2.32. The normalized spacial score (nSPS) is 18.1. The fourth-order valence-electron chi connectivity index (χ4n) is 3.52. The smallest absolute Gasteiger partial charge is 0.443 e. The molecule has 0 aliphatic carbocycles. The number of ether oxygens (including phenoxy) is 1. The molecule has 172 valence electrons. The molecule has 0 radical (unpaired) electrons. The van der Waals surface area contributed by atoms with E-state index in [0.717, 1.165) is 6.04 Å². The van der Waals surface area contributed by atoms with E-state index in [0.29, 0.717) is 34.6 Å². The van der Waals surface area contributed by atoms with Crippen molar-refractivity contribution < 1.29 is 22.9 Å². The van der Waals surface area contributed by atoms with Crippen molar-refractivity contribution >= 4 is 31.6 Å². The second kappa shape index (κ2) is 8.09. The Hall–Kier alpha value is -2.01. The molecule has 2 aromatic heterocycles. The van der Waals surface area contributed by atoms with Crippen LogP contribution in [0.2, 0.25) is 25.7 Å². The molecule has 1 aliphatic rings. The number of oxazole rings is 1. The zero-order valence-corrected chi connectivity index (χ0v) is 20.9. The fourth-order valence-corrected chi connectivity index (χ4v) is 4.28. The fraction of sp³-hybridized carbons (Fsp3) is 0.545. The number of fused-ring (bicyclic) bond motifs is 1. The zero-order valence-electron chi connectivity index (χ0n) is 19.9. The second-order valence-electron chi connectivity index (χ2n) is 10.5. The van der Waals surface area contributed by atoms with Crippen LogP contribution in [-0.2, 0) is 20.8 Å². The second-order valence-corrected chi connectivity index (χ2v) is 16.1. The van der Waals surface area contributed by atoms with Crippen LogP contribution in [-0.4, -0.2) is 47.8 Å². The molecular formula is C22H31BFN3O4Si. The van der Waals surface area contributed by atoms with E-state index >= 15 is 4.39 Å². The molecule has 4 rings (SSSR count). The third-order valence-corrected chi connectivity index (χ3v) is 7.94. The molecule has 1 aromatic carbocycles. The lowest BCUT2D eigenvalue weighted by atomic mass is 9.78. The molecule has 32 heavy (non-hydrogen) atoms. The van der Waals surface area contributed by atoms with Crippen LogP contribution < -0.4 is 5.46 Å². The average Bonchev–Trinajstić information content (AvgIpc) is 3.36. The summed E-state index contributed by atoms with van der Waals surface area (Å²) in [7, 11) is -2.05. The van der Waals surface area contributed by atoms with Crippen LogP contribution in [0.1, 0.15) is 27.7 Å². The van der Waals surface area contributed by atoms with E-state index in [4.69, 9.17) is 18.5 Å². The maximum atomic E-state index is 15.9. The first-order chi connectivity index (χ1) is 14.9. The van der Waals surface area contributed by atoms with Crippen LogP contribution in [0.3, 0.4) is 0 Å². The number of rotatable bonds is 7. The highest BCUT2D eigenvalue weighted by Crippen LogP contribution is 2.37. The van der Waals surface area contributed by atoms with Gasteiger partial charge < -0.3 is 18.5 Å². The van der Waals surface area contributed by atoms with Gasteiger partial charge >= 0.3 is 7.12 Å². The van der Waals surface area contributed by atoms with Crippen molar-refractivity contribution in [2.45, 2.75) is 71.3 Å². The summed E-state index contributed by atoms with van der Waals surface area (Å²) in [6, 6.07) is 4.51. The number of halogens is 1. The molecule has 1 fully saturated rings. The van der Waals surface area contributed by atoms with Gasteiger partial charge in [0.25, 0.3) is 0 Å². The van der Waals surface area contributed by atoms with Gasteiger partial charge in [-0.3, -0.25) is 0 Å². The summed E-state index contributed by atoms with van der Waals surface area (Å²) in [5.41, 5.74) is -0.0136. The molecule has 0 atom stereocenters. The Morgan fingerprint density at radius 3 is 2.41 bits per heavy atom. The summed E-state index contributed by atoms with van der Waals surface area (Å²) in [5, 5.41) is 5.17. The van der Waals surface area contributed by atoms with Crippen LogP contribution in [0.5, 0.6) is 0 Å².